The second kappa shape index (κ2) is 8.16. The van der Waals surface area contributed by atoms with Crippen LogP contribution in [0.2, 0.25) is 0 Å². The Morgan fingerprint density at radius 1 is 1.40 bits per heavy atom. The summed E-state index contributed by atoms with van der Waals surface area (Å²) in [4.78, 5) is 4.28. The van der Waals surface area contributed by atoms with E-state index in [9.17, 15) is 0 Å². The van der Waals surface area contributed by atoms with Crippen LogP contribution in [0.1, 0.15) is 62.4 Å². The van der Waals surface area contributed by atoms with E-state index in [0.29, 0.717) is 6.04 Å². The lowest BCUT2D eigenvalue weighted by atomic mass is 9.94. The average molecular weight is 295 g/mol. The van der Waals surface area contributed by atoms with Gasteiger partial charge in [0.05, 0.1) is 0 Å². The van der Waals surface area contributed by atoms with Crippen LogP contribution in [0.15, 0.2) is 11.4 Å². The highest BCUT2D eigenvalue weighted by molar-refractivity contribution is 7.10. The van der Waals surface area contributed by atoms with Gasteiger partial charge in [-0.3, -0.25) is 4.90 Å². The van der Waals surface area contributed by atoms with Gasteiger partial charge < -0.3 is 5.73 Å². The maximum absolute atomic E-state index is 5.73. The van der Waals surface area contributed by atoms with Crippen LogP contribution in [-0.2, 0) is 6.42 Å². The van der Waals surface area contributed by atoms with E-state index in [0.717, 1.165) is 12.5 Å². The third-order valence-electron chi connectivity index (χ3n) is 4.73. The Hall–Kier alpha value is -0.380. The zero-order chi connectivity index (χ0) is 14.4. The second-order valence-electron chi connectivity index (χ2n) is 6.14. The van der Waals surface area contributed by atoms with Crippen molar-refractivity contribution in [1.29, 1.82) is 0 Å². The average Bonchev–Trinajstić information content (AvgIpc) is 2.91. The molecule has 2 rings (SSSR count). The number of hydrogen-bond acceptors (Lipinski definition) is 3. The van der Waals surface area contributed by atoms with Crippen LogP contribution in [0.4, 0.5) is 0 Å². The van der Waals surface area contributed by atoms with Crippen molar-refractivity contribution in [1.82, 2.24) is 4.90 Å². The van der Waals surface area contributed by atoms with Crippen molar-refractivity contribution >= 4 is 11.3 Å². The van der Waals surface area contributed by atoms with Crippen LogP contribution in [0.25, 0.3) is 0 Å². The van der Waals surface area contributed by atoms with Gasteiger partial charge in [-0.05, 0) is 68.6 Å². The van der Waals surface area contributed by atoms with Crippen LogP contribution in [0, 0.1) is 5.92 Å². The van der Waals surface area contributed by atoms with E-state index in [2.05, 4.69) is 30.2 Å². The summed E-state index contributed by atoms with van der Waals surface area (Å²) in [6, 6.07) is 2.94. The molecule has 0 saturated carbocycles. The number of nitrogens with zero attached hydrogens (tertiary/aromatic N) is 1. The summed E-state index contributed by atoms with van der Waals surface area (Å²) >= 11 is 1.93. The van der Waals surface area contributed by atoms with Gasteiger partial charge in [-0.15, -0.1) is 11.3 Å². The number of thiophene rings is 1. The molecule has 0 spiro atoms. The maximum Gasteiger partial charge on any atom is 0.0331 e. The first-order valence-electron chi connectivity index (χ1n) is 8.26. The molecule has 1 aliphatic heterocycles. The highest BCUT2D eigenvalue weighted by Gasteiger charge is 2.24. The number of rotatable bonds is 8. The van der Waals surface area contributed by atoms with Crippen LogP contribution in [-0.4, -0.2) is 24.5 Å². The van der Waals surface area contributed by atoms with Gasteiger partial charge in [0.15, 0.2) is 0 Å². The van der Waals surface area contributed by atoms with Crippen LogP contribution < -0.4 is 5.73 Å². The Morgan fingerprint density at radius 2 is 2.25 bits per heavy atom. The summed E-state index contributed by atoms with van der Waals surface area (Å²) in [7, 11) is 0. The predicted molar refractivity (Wildman–Crippen MR) is 89.3 cm³/mol. The molecule has 2 atom stereocenters. The van der Waals surface area contributed by atoms with Crippen molar-refractivity contribution in [2.45, 2.75) is 58.4 Å². The molecule has 0 aromatic carbocycles. The summed E-state index contributed by atoms with van der Waals surface area (Å²) in [6.07, 6.45) is 7.78. The number of nitrogens with two attached hydrogens (primary N) is 1. The van der Waals surface area contributed by atoms with E-state index < -0.39 is 0 Å². The van der Waals surface area contributed by atoms with Gasteiger partial charge in [-0.2, -0.15) is 0 Å². The lowest BCUT2D eigenvalue weighted by molar-refractivity contribution is 0.191. The van der Waals surface area contributed by atoms with Crippen molar-refractivity contribution < 1.29 is 0 Å². The Morgan fingerprint density at radius 3 is 3.00 bits per heavy atom. The van der Waals surface area contributed by atoms with Gasteiger partial charge in [0.1, 0.15) is 0 Å². The molecule has 2 heterocycles. The third kappa shape index (κ3) is 4.06. The second-order valence-corrected chi connectivity index (χ2v) is 7.14. The molecule has 2 unspecified atom stereocenters. The minimum atomic E-state index is 0.615. The minimum absolute atomic E-state index is 0.615. The molecule has 0 saturated heterocycles. The molecule has 1 aromatic rings. The van der Waals surface area contributed by atoms with E-state index in [4.69, 9.17) is 5.73 Å². The van der Waals surface area contributed by atoms with Gasteiger partial charge in [0.25, 0.3) is 0 Å². The van der Waals surface area contributed by atoms with Crippen molar-refractivity contribution in [3.8, 4) is 0 Å². The Bertz CT molecular complexity index is 382. The fourth-order valence-corrected chi connectivity index (χ4v) is 4.49. The highest BCUT2D eigenvalue weighted by Crippen LogP contribution is 2.33. The molecule has 3 heteroatoms. The lowest BCUT2D eigenvalue weighted by Gasteiger charge is -2.34. The topological polar surface area (TPSA) is 29.3 Å². The Kier molecular flexibility index (Phi) is 6.53. The van der Waals surface area contributed by atoms with E-state index in [1.54, 1.807) is 10.4 Å². The molecule has 1 aromatic heterocycles. The largest absolute Gasteiger partial charge is 0.330 e. The van der Waals surface area contributed by atoms with Gasteiger partial charge in [0, 0.05) is 17.5 Å². The van der Waals surface area contributed by atoms with E-state index >= 15 is 0 Å². The molecule has 20 heavy (non-hydrogen) atoms. The predicted octanol–water partition coefficient (Wildman–Crippen LogP) is 4.21. The molecule has 0 fully saturated rings. The highest BCUT2D eigenvalue weighted by atomic mass is 32.1. The van der Waals surface area contributed by atoms with Gasteiger partial charge in [-0.25, -0.2) is 0 Å². The molecule has 0 radical (unpaired) electrons. The molecule has 1 aliphatic rings. The fraction of sp³-hybridized carbons (Fsp3) is 0.765. The maximum atomic E-state index is 5.73. The molecule has 0 bridgehead atoms. The number of hydrogen-bond donors (Lipinski definition) is 1. The molecule has 2 N–H and O–H groups in total. The Labute approximate surface area is 128 Å². The SMILES string of the molecule is CCCC(CCN)CCCN1CCc2sccc2C1C. The molecule has 0 aliphatic carbocycles. The zero-order valence-corrected chi connectivity index (χ0v) is 13.9. The monoisotopic (exact) mass is 294 g/mol. The first-order chi connectivity index (χ1) is 9.76. The van der Waals surface area contributed by atoms with E-state index in [1.807, 2.05) is 11.3 Å². The first-order valence-corrected chi connectivity index (χ1v) is 9.14. The van der Waals surface area contributed by atoms with Gasteiger partial charge >= 0.3 is 0 Å². The minimum Gasteiger partial charge on any atom is -0.330 e. The fourth-order valence-electron chi connectivity index (χ4n) is 3.53. The third-order valence-corrected chi connectivity index (χ3v) is 5.73. The number of fused-ring (bicyclic) bond motifs is 1. The molecular formula is C17H30N2S. The molecule has 114 valence electrons. The molecular weight excluding hydrogens is 264 g/mol. The van der Waals surface area contributed by atoms with Crippen molar-refractivity contribution in [2.24, 2.45) is 11.7 Å². The normalized spacial score (nSPS) is 20.9. The van der Waals surface area contributed by atoms with Gasteiger partial charge in [0.2, 0.25) is 0 Å². The van der Waals surface area contributed by atoms with E-state index in [-0.39, 0.29) is 0 Å². The van der Waals surface area contributed by atoms with Gasteiger partial charge in [-0.1, -0.05) is 19.8 Å². The summed E-state index contributed by atoms with van der Waals surface area (Å²) in [5, 5.41) is 2.25. The van der Waals surface area contributed by atoms with Crippen LogP contribution in [0.3, 0.4) is 0 Å². The van der Waals surface area contributed by atoms with Crippen molar-refractivity contribution in [2.75, 3.05) is 19.6 Å². The summed E-state index contributed by atoms with van der Waals surface area (Å²) in [5.74, 6) is 0.849. The smallest absolute Gasteiger partial charge is 0.0331 e. The Balaban J connectivity index is 1.77. The molecule has 0 amide bonds. The van der Waals surface area contributed by atoms with Crippen molar-refractivity contribution in [3.63, 3.8) is 0 Å². The van der Waals surface area contributed by atoms with Crippen molar-refractivity contribution in [3.05, 3.63) is 21.9 Å². The van der Waals surface area contributed by atoms with Crippen LogP contribution >= 0.6 is 11.3 Å². The standard InChI is InChI=1S/C17H30N2S/c1-3-5-15(7-10-18)6-4-11-19-12-8-17-16(14(19)2)9-13-20-17/h9,13-15H,3-8,10-12,18H2,1-2H3. The molecule has 2 nitrogen and oxygen atoms in total. The summed E-state index contributed by atoms with van der Waals surface area (Å²) in [5.41, 5.74) is 7.31. The van der Waals surface area contributed by atoms with Crippen LogP contribution in [0.5, 0.6) is 0 Å². The lowest BCUT2D eigenvalue weighted by Crippen LogP contribution is -2.34. The quantitative estimate of drug-likeness (QED) is 0.778. The van der Waals surface area contributed by atoms with E-state index in [1.165, 1.54) is 51.6 Å². The summed E-state index contributed by atoms with van der Waals surface area (Å²) in [6.45, 7) is 8.00. The first kappa shape index (κ1) is 16.0. The zero-order valence-electron chi connectivity index (χ0n) is 13.1. The summed E-state index contributed by atoms with van der Waals surface area (Å²) < 4.78 is 0.